The average Bonchev–Trinajstić information content (AvgIpc) is 2.67. The smallest absolute Gasteiger partial charge is 0.338 e. The van der Waals surface area contributed by atoms with Gasteiger partial charge in [0.1, 0.15) is 11.5 Å². The van der Waals surface area contributed by atoms with Gasteiger partial charge in [0.05, 0.1) is 12.2 Å². The van der Waals surface area contributed by atoms with Crippen molar-refractivity contribution in [1.29, 1.82) is 0 Å². The van der Waals surface area contributed by atoms with Crippen LogP contribution in [0.2, 0.25) is 0 Å². The lowest BCUT2D eigenvalue weighted by Gasteiger charge is -2.09. The number of carbonyl (C=O) groups excluding carboxylic acids is 1. The summed E-state index contributed by atoms with van der Waals surface area (Å²) in [6.07, 6.45) is 0.268. The monoisotopic (exact) mass is 352 g/mol. The van der Waals surface area contributed by atoms with Crippen LogP contribution in [-0.4, -0.2) is 25.2 Å². The predicted molar refractivity (Wildman–Crippen MR) is 94.8 cm³/mol. The van der Waals surface area contributed by atoms with Crippen LogP contribution in [0.4, 0.5) is 0 Å². The van der Waals surface area contributed by atoms with Gasteiger partial charge in [-0.25, -0.2) is 4.79 Å². The van der Waals surface area contributed by atoms with E-state index < -0.39 is 12.0 Å². The fourth-order valence-corrected chi connectivity index (χ4v) is 2.04. The zero-order valence-corrected chi connectivity index (χ0v) is 13.8. The van der Waals surface area contributed by atoms with Crippen molar-refractivity contribution in [3.05, 3.63) is 81.0 Å². The second kappa shape index (κ2) is 10.2. The Kier molecular flexibility index (Phi) is 7.36. The van der Waals surface area contributed by atoms with Gasteiger partial charge >= 0.3 is 5.97 Å². The molecule has 0 N–H and O–H groups in total. The molecular weight excluding hydrogens is 336 g/mol. The SMILES string of the molecule is [N-]=[N+]=NCC(CCOC(=O)c1ccc(Oc2ccccc2)cc1)N=[N+]=[N-]. The van der Waals surface area contributed by atoms with Crippen molar-refractivity contribution >= 4 is 5.97 Å². The largest absolute Gasteiger partial charge is 0.462 e. The number of hydrogen-bond donors (Lipinski definition) is 0. The predicted octanol–water partition coefficient (Wildman–Crippen LogP) is 5.02. The third-order valence-corrected chi connectivity index (χ3v) is 3.32. The number of ether oxygens (including phenoxy) is 2. The molecule has 0 aliphatic carbocycles. The van der Waals surface area contributed by atoms with Crippen LogP contribution < -0.4 is 4.74 Å². The average molecular weight is 352 g/mol. The van der Waals surface area contributed by atoms with Crippen molar-refractivity contribution < 1.29 is 14.3 Å². The summed E-state index contributed by atoms with van der Waals surface area (Å²) in [6, 6.07) is 15.3. The van der Waals surface area contributed by atoms with Crippen LogP contribution in [0.25, 0.3) is 20.9 Å². The molecule has 132 valence electrons. The lowest BCUT2D eigenvalue weighted by molar-refractivity contribution is 0.0494. The van der Waals surface area contributed by atoms with Crippen LogP contribution in [0.3, 0.4) is 0 Å². The molecule has 0 saturated carbocycles. The third kappa shape index (κ3) is 6.09. The van der Waals surface area contributed by atoms with Gasteiger partial charge in [0, 0.05) is 22.4 Å². The third-order valence-electron chi connectivity index (χ3n) is 3.32. The van der Waals surface area contributed by atoms with Crippen LogP contribution in [0, 0.1) is 0 Å². The van der Waals surface area contributed by atoms with Crippen LogP contribution in [0.15, 0.2) is 64.8 Å². The second-order valence-corrected chi connectivity index (χ2v) is 5.14. The molecule has 26 heavy (non-hydrogen) atoms. The summed E-state index contributed by atoms with van der Waals surface area (Å²) < 4.78 is 10.8. The summed E-state index contributed by atoms with van der Waals surface area (Å²) in [7, 11) is 0. The molecule has 2 aromatic carbocycles. The highest BCUT2D eigenvalue weighted by Gasteiger charge is 2.10. The molecule has 0 saturated heterocycles. The van der Waals surface area contributed by atoms with Gasteiger partial charge in [0.2, 0.25) is 0 Å². The van der Waals surface area contributed by atoms with Gasteiger partial charge in [0.15, 0.2) is 0 Å². The molecule has 2 rings (SSSR count). The minimum absolute atomic E-state index is 0.0175. The van der Waals surface area contributed by atoms with Crippen molar-refractivity contribution in [2.75, 3.05) is 13.2 Å². The van der Waals surface area contributed by atoms with Crippen molar-refractivity contribution in [2.45, 2.75) is 12.5 Å². The summed E-state index contributed by atoms with van der Waals surface area (Å²) in [4.78, 5) is 17.3. The molecular formula is C17H16N6O3. The van der Waals surface area contributed by atoms with Gasteiger partial charge in [-0.15, -0.1) is 0 Å². The Labute approximate surface area is 149 Å². The molecule has 0 heterocycles. The van der Waals surface area contributed by atoms with E-state index in [1.165, 1.54) is 0 Å². The first kappa shape index (κ1) is 18.7. The summed E-state index contributed by atoms with van der Waals surface area (Å²) in [5.74, 6) is 0.803. The highest BCUT2D eigenvalue weighted by molar-refractivity contribution is 5.89. The first-order valence-corrected chi connectivity index (χ1v) is 7.78. The minimum Gasteiger partial charge on any atom is -0.462 e. The molecule has 0 radical (unpaired) electrons. The van der Waals surface area contributed by atoms with Crippen LogP contribution in [0.5, 0.6) is 11.5 Å². The molecule has 1 unspecified atom stereocenters. The van der Waals surface area contributed by atoms with Crippen LogP contribution in [0.1, 0.15) is 16.8 Å². The molecule has 9 heteroatoms. The molecule has 0 aromatic heterocycles. The normalized spacial score (nSPS) is 10.8. The minimum atomic E-state index is -0.551. The van der Waals surface area contributed by atoms with Gasteiger partial charge in [0.25, 0.3) is 0 Å². The number of para-hydroxylation sites is 1. The molecule has 2 aromatic rings. The Bertz CT molecular complexity index is 812. The maximum absolute atomic E-state index is 12.0. The van der Waals surface area contributed by atoms with Crippen molar-refractivity contribution in [2.24, 2.45) is 10.2 Å². The van der Waals surface area contributed by atoms with E-state index in [2.05, 4.69) is 20.1 Å². The fraction of sp³-hybridized carbons (Fsp3) is 0.235. The Morgan fingerprint density at radius 3 is 2.35 bits per heavy atom. The summed E-state index contributed by atoms with van der Waals surface area (Å²) in [5, 5.41) is 6.84. The van der Waals surface area contributed by atoms with E-state index in [4.69, 9.17) is 20.5 Å². The number of hydrogen-bond acceptors (Lipinski definition) is 5. The number of azide groups is 2. The molecule has 0 spiro atoms. The van der Waals surface area contributed by atoms with Crippen molar-refractivity contribution in [1.82, 2.24) is 0 Å². The zero-order valence-electron chi connectivity index (χ0n) is 13.8. The van der Waals surface area contributed by atoms with E-state index in [-0.39, 0.29) is 19.6 Å². The molecule has 0 fully saturated rings. The van der Waals surface area contributed by atoms with E-state index in [1.807, 2.05) is 30.3 Å². The Morgan fingerprint density at radius 1 is 1.00 bits per heavy atom. The van der Waals surface area contributed by atoms with Crippen molar-refractivity contribution in [3.63, 3.8) is 0 Å². The van der Waals surface area contributed by atoms with Crippen molar-refractivity contribution in [3.8, 4) is 11.5 Å². The summed E-state index contributed by atoms with van der Waals surface area (Å²) in [6.45, 7) is 0.0648. The highest BCUT2D eigenvalue weighted by Crippen LogP contribution is 2.21. The summed E-state index contributed by atoms with van der Waals surface area (Å²) in [5.41, 5.74) is 17.1. The lowest BCUT2D eigenvalue weighted by atomic mass is 10.2. The van der Waals surface area contributed by atoms with Crippen LogP contribution in [-0.2, 0) is 4.74 Å². The van der Waals surface area contributed by atoms with E-state index in [9.17, 15) is 4.79 Å². The molecule has 9 nitrogen and oxygen atoms in total. The van der Waals surface area contributed by atoms with Gasteiger partial charge in [-0.3, -0.25) is 0 Å². The van der Waals surface area contributed by atoms with E-state index in [0.717, 1.165) is 0 Å². The number of nitrogens with zero attached hydrogens (tertiary/aromatic N) is 6. The zero-order chi connectivity index (χ0) is 18.6. The number of benzene rings is 2. The molecule has 0 aliphatic rings. The van der Waals surface area contributed by atoms with E-state index in [1.54, 1.807) is 24.3 Å². The topological polar surface area (TPSA) is 133 Å². The van der Waals surface area contributed by atoms with Gasteiger partial charge in [-0.1, -0.05) is 28.4 Å². The highest BCUT2D eigenvalue weighted by atomic mass is 16.5. The lowest BCUT2D eigenvalue weighted by Crippen LogP contribution is -2.14. The maximum Gasteiger partial charge on any atom is 0.338 e. The number of esters is 1. The van der Waals surface area contributed by atoms with Gasteiger partial charge in [-0.05, 0) is 53.9 Å². The van der Waals surface area contributed by atoms with E-state index >= 15 is 0 Å². The standard InChI is InChI=1S/C17H16N6O3/c18-22-20-12-14(21-23-19)10-11-25-17(24)13-6-8-16(9-7-13)26-15-4-2-1-3-5-15/h1-9,14H,10-12H2. The Hall–Kier alpha value is -3.67. The van der Waals surface area contributed by atoms with Crippen LogP contribution >= 0.6 is 0 Å². The number of rotatable bonds is 9. The molecule has 0 bridgehead atoms. The van der Waals surface area contributed by atoms with E-state index in [0.29, 0.717) is 17.1 Å². The summed E-state index contributed by atoms with van der Waals surface area (Å²) >= 11 is 0. The number of carbonyl (C=O) groups is 1. The maximum atomic E-state index is 12.0. The second-order valence-electron chi connectivity index (χ2n) is 5.14. The molecule has 1 atom stereocenters. The first-order chi connectivity index (χ1) is 12.7. The fourth-order valence-electron chi connectivity index (χ4n) is 2.04. The Morgan fingerprint density at radius 2 is 1.69 bits per heavy atom. The Balaban J connectivity index is 1.85. The molecule has 0 amide bonds. The van der Waals surface area contributed by atoms with Gasteiger partial charge in [-0.2, -0.15) is 0 Å². The molecule has 0 aliphatic heterocycles. The quantitative estimate of drug-likeness (QED) is 0.271. The van der Waals surface area contributed by atoms with Gasteiger partial charge < -0.3 is 9.47 Å². The first-order valence-electron chi connectivity index (χ1n) is 7.78.